The predicted octanol–water partition coefficient (Wildman–Crippen LogP) is 11.5. The minimum absolute atomic E-state index is 0.759. The zero-order chi connectivity index (χ0) is 35.3. The minimum Gasteiger partial charge on any atom is -0.308 e. The summed E-state index contributed by atoms with van der Waals surface area (Å²) in [6, 6.07) is 60.3. The van der Waals surface area contributed by atoms with Crippen molar-refractivity contribution in [2.75, 3.05) is 0 Å². The molecule has 0 amide bonds. The number of aromatic nitrogens is 2. The Labute approximate surface area is 307 Å². The Bertz CT molecular complexity index is 3140. The van der Waals surface area contributed by atoms with E-state index in [0.29, 0.717) is 0 Å². The fourth-order valence-corrected chi connectivity index (χ4v) is 12.0. The molecule has 1 unspecified atom stereocenters. The monoisotopic (exact) mass is 696 g/mol. The zero-order valence-corrected chi connectivity index (χ0v) is 30.0. The van der Waals surface area contributed by atoms with Crippen LogP contribution in [0.25, 0.3) is 82.1 Å². The lowest BCUT2D eigenvalue weighted by Gasteiger charge is -2.30. The molecule has 0 spiro atoms. The Kier molecular flexibility index (Phi) is 6.51. The van der Waals surface area contributed by atoms with E-state index in [0.717, 1.165) is 50.4 Å². The number of nitrogens with zero attached hydrogens (tertiary/aromatic N) is 2. The van der Waals surface area contributed by atoms with Crippen molar-refractivity contribution in [1.82, 2.24) is 9.55 Å². The SMILES string of the molecule is CCc1nc2cccc3c2n1-c1cc(-c2c4ccccc4c(-c4ccc5ccc6ccccc6c5c4)c4ccccc24)ccc1P3(=O)c1ccccc1. The average molecular weight is 697 g/mol. The second-order valence-electron chi connectivity index (χ2n) is 14.1. The third-order valence-electron chi connectivity index (χ3n) is 11.3. The van der Waals surface area contributed by atoms with Crippen molar-refractivity contribution in [2.24, 2.45) is 0 Å². The number of rotatable bonds is 4. The highest BCUT2D eigenvalue weighted by molar-refractivity contribution is 7.86. The number of benzene rings is 9. The topological polar surface area (TPSA) is 34.9 Å². The number of aryl methyl sites for hydroxylation is 1. The maximum Gasteiger partial charge on any atom is 0.175 e. The van der Waals surface area contributed by atoms with Gasteiger partial charge in [-0.05, 0) is 95.7 Å². The Hall–Kier alpha value is -6.28. The van der Waals surface area contributed by atoms with Crippen molar-refractivity contribution < 1.29 is 4.57 Å². The molecule has 0 N–H and O–H groups in total. The van der Waals surface area contributed by atoms with Crippen molar-refractivity contribution in [3.8, 4) is 27.9 Å². The van der Waals surface area contributed by atoms with Gasteiger partial charge >= 0.3 is 0 Å². The van der Waals surface area contributed by atoms with E-state index < -0.39 is 7.14 Å². The fraction of sp³-hybridized carbons (Fsp3) is 0.0408. The molecule has 1 aliphatic rings. The van der Waals surface area contributed by atoms with E-state index >= 15 is 4.57 Å². The van der Waals surface area contributed by atoms with Crippen LogP contribution in [-0.4, -0.2) is 9.55 Å². The smallest absolute Gasteiger partial charge is 0.175 e. The molecule has 1 aromatic heterocycles. The largest absolute Gasteiger partial charge is 0.308 e. The quantitative estimate of drug-likeness (QED) is 0.104. The zero-order valence-electron chi connectivity index (χ0n) is 29.1. The van der Waals surface area contributed by atoms with Gasteiger partial charge in [-0.1, -0.05) is 146 Å². The van der Waals surface area contributed by atoms with Gasteiger partial charge in [0, 0.05) is 22.3 Å². The highest BCUT2D eigenvalue weighted by Crippen LogP contribution is 2.51. The minimum atomic E-state index is -3.22. The number of hydrogen-bond acceptors (Lipinski definition) is 2. The highest BCUT2D eigenvalue weighted by Gasteiger charge is 2.40. The van der Waals surface area contributed by atoms with Crippen molar-refractivity contribution in [2.45, 2.75) is 13.3 Å². The lowest BCUT2D eigenvalue weighted by Crippen LogP contribution is -2.33. The van der Waals surface area contributed by atoms with Crippen LogP contribution in [0.1, 0.15) is 12.7 Å². The standard InChI is InChI=1S/C49H33N2OP/c1-2-46-50-42-21-12-22-45-49(42)51(46)43-30-34(27-28-44(43)53(45,52)35-14-4-3-5-15-35)48-39-19-10-8-17-37(39)47(38-18-9-11-20-40(38)48)33-26-25-32-24-23-31-13-6-7-16-36(31)41(32)29-33/h3-30H,2H2,1H3. The van der Waals surface area contributed by atoms with Crippen LogP contribution in [0.3, 0.4) is 0 Å². The van der Waals surface area contributed by atoms with Crippen LogP contribution in [0.5, 0.6) is 0 Å². The Morgan fingerprint density at radius 1 is 0.509 bits per heavy atom. The van der Waals surface area contributed by atoms with Crippen LogP contribution in [-0.2, 0) is 11.0 Å². The molecule has 0 bridgehead atoms. The highest BCUT2D eigenvalue weighted by atomic mass is 31.2. The van der Waals surface area contributed by atoms with Gasteiger partial charge in [-0.3, -0.25) is 4.57 Å². The molecule has 11 rings (SSSR count). The van der Waals surface area contributed by atoms with Gasteiger partial charge in [-0.15, -0.1) is 0 Å². The van der Waals surface area contributed by atoms with Gasteiger partial charge in [-0.25, -0.2) is 4.98 Å². The summed E-state index contributed by atoms with van der Waals surface area (Å²) in [4.78, 5) is 5.09. The maximum atomic E-state index is 15.8. The Morgan fingerprint density at radius 3 is 1.75 bits per heavy atom. The summed E-state index contributed by atoms with van der Waals surface area (Å²) in [5.41, 5.74) is 7.50. The summed E-state index contributed by atoms with van der Waals surface area (Å²) in [5.74, 6) is 0.971. The molecule has 1 atom stereocenters. The lowest BCUT2D eigenvalue weighted by molar-refractivity contribution is 0.592. The van der Waals surface area contributed by atoms with E-state index in [-0.39, 0.29) is 0 Å². The number of imidazole rings is 1. The van der Waals surface area contributed by atoms with E-state index in [1.807, 2.05) is 48.5 Å². The van der Waals surface area contributed by atoms with Gasteiger partial charge < -0.3 is 4.57 Å². The van der Waals surface area contributed by atoms with E-state index in [4.69, 9.17) is 4.98 Å². The molecule has 0 aliphatic carbocycles. The molecule has 9 aromatic carbocycles. The molecule has 10 aromatic rings. The van der Waals surface area contributed by atoms with E-state index in [1.54, 1.807) is 0 Å². The first-order chi connectivity index (χ1) is 26.1. The molecule has 4 heteroatoms. The normalized spacial score (nSPS) is 15.1. The summed E-state index contributed by atoms with van der Waals surface area (Å²) in [6.45, 7) is 2.15. The summed E-state index contributed by atoms with van der Waals surface area (Å²) in [5, 5.41) is 12.4. The van der Waals surface area contributed by atoms with Crippen molar-refractivity contribution in [3.63, 3.8) is 0 Å². The van der Waals surface area contributed by atoms with Gasteiger partial charge in [0.1, 0.15) is 5.82 Å². The molecular formula is C49H33N2OP. The van der Waals surface area contributed by atoms with Crippen LogP contribution >= 0.6 is 7.14 Å². The first-order valence-corrected chi connectivity index (χ1v) is 20.0. The molecule has 53 heavy (non-hydrogen) atoms. The van der Waals surface area contributed by atoms with E-state index in [2.05, 4.69) is 133 Å². The summed E-state index contributed by atoms with van der Waals surface area (Å²) < 4.78 is 18.1. The molecular weight excluding hydrogens is 664 g/mol. The van der Waals surface area contributed by atoms with Crippen LogP contribution in [0, 0.1) is 0 Å². The van der Waals surface area contributed by atoms with Gasteiger partial charge in [0.25, 0.3) is 0 Å². The Balaban J connectivity index is 1.21. The van der Waals surface area contributed by atoms with Gasteiger partial charge in [0.2, 0.25) is 0 Å². The molecule has 2 heterocycles. The fourth-order valence-electron chi connectivity index (χ4n) is 8.99. The molecule has 250 valence electrons. The first-order valence-electron chi connectivity index (χ1n) is 18.3. The number of hydrogen-bond donors (Lipinski definition) is 0. The number of fused-ring (bicyclic) bond motifs is 7. The summed E-state index contributed by atoms with van der Waals surface area (Å²) in [7, 11) is -3.22. The van der Waals surface area contributed by atoms with Gasteiger partial charge in [0.15, 0.2) is 7.14 Å². The van der Waals surface area contributed by atoms with Gasteiger partial charge in [-0.2, -0.15) is 0 Å². The Morgan fingerprint density at radius 2 is 1.08 bits per heavy atom. The molecule has 3 nitrogen and oxygen atoms in total. The average Bonchev–Trinajstić information content (AvgIpc) is 3.61. The third-order valence-corrected chi connectivity index (χ3v) is 14.4. The van der Waals surface area contributed by atoms with E-state index in [9.17, 15) is 0 Å². The van der Waals surface area contributed by atoms with Gasteiger partial charge in [0.05, 0.1) is 16.7 Å². The molecule has 0 saturated carbocycles. The second-order valence-corrected chi connectivity index (χ2v) is 16.8. The summed E-state index contributed by atoms with van der Waals surface area (Å²) in [6.07, 6.45) is 0.759. The van der Waals surface area contributed by atoms with E-state index in [1.165, 1.54) is 59.8 Å². The first kappa shape index (κ1) is 30.4. The lowest BCUT2D eigenvalue weighted by atomic mass is 9.85. The number of para-hydroxylation sites is 1. The molecule has 0 saturated heterocycles. The third kappa shape index (κ3) is 4.23. The van der Waals surface area contributed by atoms with Crippen LogP contribution in [0.15, 0.2) is 170 Å². The molecule has 0 radical (unpaired) electrons. The predicted molar refractivity (Wildman–Crippen MR) is 224 cm³/mol. The molecule has 1 aliphatic heterocycles. The van der Waals surface area contributed by atoms with Crippen LogP contribution in [0.2, 0.25) is 0 Å². The van der Waals surface area contributed by atoms with Crippen molar-refractivity contribution in [1.29, 1.82) is 0 Å². The van der Waals surface area contributed by atoms with Crippen molar-refractivity contribution >= 4 is 77.2 Å². The maximum absolute atomic E-state index is 15.8. The van der Waals surface area contributed by atoms with Crippen molar-refractivity contribution in [3.05, 3.63) is 176 Å². The van der Waals surface area contributed by atoms with Crippen LogP contribution in [0.4, 0.5) is 0 Å². The second kappa shape index (κ2) is 11.4. The van der Waals surface area contributed by atoms with Crippen LogP contribution < -0.4 is 15.9 Å². The molecule has 0 fully saturated rings. The summed E-state index contributed by atoms with van der Waals surface area (Å²) >= 11 is 0.